The molecule has 3 heterocycles. The minimum Gasteiger partial charge on any atom is -0.466 e. The number of furan rings is 1. The minimum atomic E-state index is -0.234. The Bertz CT molecular complexity index is 841. The first-order chi connectivity index (χ1) is 12.4. The molecular weight excluding hydrogens is 330 g/mol. The second-order valence-corrected chi connectivity index (χ2v) is 6.96. The van der Waals surface area contributed by atoms with Gasteiger partial charge in [0.15, 0.2) is 0 Å². The highest BCUT2D eigenvalue weighted by atomic mass is 16.3. The maximum Gasteiger partial charge on any atom is 0.257 e. The highest BCUT2D eigenvalue weighted by Gasteiger charge is 2.31. The number of anilines is 1. The summed E-state index contributed by atoms with van der Waals surface area (Å²) < 4.78 is 5.59. The van der Waals surface area contributed by atoms with Gasteiger partial charge in [0.1, 0.15) is 17.3 Å². The average Bonchev–Trinajstić information content (AvgIpc) is 2.88. The molecule has 0 aliphatic carbocycles. The summed E-state index contributed by atoms with van der Waals surface area (Å²) >= 11 is 0. The Morgan fingerprint density at radius 3 is 2.65 bits per heavy atom. The summed E-state index contributed by atoms with van der Waals surface area (Å²) in [7, 11) is 0. The molecule has 0 radical (unpaired) electrons. The van der Waals surface area contributed by atoms with Crippen molar-refractivity contribution < 1.29 is 14.0 Å². The van der Waals surface area contributed by atoms with Crippen LogP contribution in [0.3, 0.4) is 0 Å². The number of likely N-dealkylation sites (tertiary alicyclic amines) is 1. The molecule has 6 nitrogen and oxygen atoms in total. The lowest BCUT2D eigenvalue weighted by Gasteiger charge is -2.32. The second kappa shape index (κ2) is 7.32. The van der Waals surface area contributed by atoms with Crippen molar-refractivity contribution in [2.45, 2.75) is 40.5 Å². The Morgan fingerprint density at radius 1 is 1.23 bits per heavy atom. The van der Waals surface area contributed by atoms with Gasteiger partial charge in [-0.1, -0.05) is 6.07 Å². The smallest absolute Gasteiger partial charge is 0.257 e. The molecule has 26 heavy (non-hydrogen) atoms. The van der Waals surface area contributed by atoms with Gasteiger partial charge in [-0.25, -0.2) is 4.98 Å². The number of hydrogen-bond donors (Lipinski definition) is 1. The van der Waals surface area contributed by atoms with Gasteiger partial charge in [0.2, 0.25) is 5.91 Å². The average molecular weight is 355 g/mol. The lowest BCUT2D eigenvalue weighted by Crippen LogP contribution is -2.44. The van der Waals surface area contributed by atoms with Crippen LogP contribution in [0.15, 0.2) is 22.7 Å². The largest absolute Gasteiger partial charge is 0.466 e. The highest BCUT2D eigenvalue weighted by Crippen LogP contribution is 2.26. The molecule has 1 atom stereocenters. The number of nitrogens with one attached hydrogen (secondary N) is 1. The predicted octanol–water partition coefficient (Wildman–Crippen LogP) is 3.40. The molecule has 1 saturated heterocycles. The summed E-state index contributed by atoms with van der Waals surface area (Å²) in [5.41, 5.74) is 2.43. The van der Waals surface area contributed by atoms with Crippen molar-refractivity contribution >= 4 is 17.6 Å². The van der Waals surface area contributed by atoms with Gasteiger partial charge in [0, 0.05) is 24.8 Å². The van der Waals surface area contributed by atoms with Crippen LogP contribution < -0.4 is 5.32 Å². The van der Waals surface area contributed by atoms with Crippen molar-refractivity contribution in [3.05, 3.63) is 46.5 Å². The van der Waals surface area contributed by atoms with E-state index in [2.05, 4.69) is 10.3 Å². The van der Waals surface area contributed by atoms with E-state index < -0.39 is 0 Å². The Labute approximate surface area is 153 Å². The molecular formula is C20H25N3O3. The minimum absolute atomic E-state index is 0.0524. The van der Waals surface area contributed by atoms with E-state index in [4.69, 9.17) is 4.42 Å². The molecule has 1 aliphatic heterocycles. The first kappa shape index (κ1) is 18.2. The standard InChI is InChI=1S/C20H25N3O3/c1-12-7-5-9-21-18(12)22-19(24)16-8-6-10-23(11-16)20(25)17-13(2)14(3)26-15(17)4/h5,7,9,16H,6,8,10-11H2,1-4H3,(H,21,22,24). The fourth-order valence-electron chi connectivity index (χ4n) is 3.48. The molecule has 0 bridgehead atoms. The van der Waals surface area contributed by atoms with Crippen molar-refractivity contribution in [1.82, 2.24) is 9.88 Å². The monoisotopic (exact) mass is 355 g/mol. The van der Waals surface area contributed by atoms with E-state index >= 15 is 0 Å². The van der Waals surface area contributed by atoms with Gasteiger partial charge in [0.25, 0.3) is 5.91 Å². The van der Waals surface area contributed by atoms with Crippen molar-refractivity contribution in [3.8, 4) is 0 Å². The van der Waals surface area contributed by atoms with Gasteiger partial charge in [-0.15, -0.1) is 0 Å². The Balaban J connectivity index is 1.72. The number of amides is 2. The van der Waals surface area contributed by atoms with Gasteiger partial charge in [0.05, 0.1) is 11.5 Å². The van der Waals surface area contributed by atoms with Gasteiger partial charge in [-0.2, -0.15) is 0 Å². The Morgan fingerprint density at radius 2 is 2.00 bits per heavy atom. The summed E-state index contributed by atoms with van der Waals surface area (Å²) in [6.07, 6.45) is 3.23. The van der Waals surface area contributed by atoms with Crippen LogP contribution in [0.25, 0.3) is 0 Å². The van der Waals surface area contributed by atoms with Gasteiger partial charge < -0.3 is 14.6 Å². The normalized spacial score (nSPS) is 17.2. The number of aryl methyl sites for hydroxylation is 3. The number of piperidine rings is 1. The molecule has 0 aromatic carbocycles. The molecule has 3 rings (SSSR count). The third-order valence-corrected chi connectivity index (χ3v) is 5.11. The van der Waals surface area contributed by atoms with Crippen LogP contribution in [0, 0.1) is 33.6 Å². The summed E-state index contributed by atoms with van der Waals surface area (Å²) in [6.45, 7) is 8.56. The van der Waals surface area contributed by atoms with Gasteiger partial charge >= 0.3 is 0 Å². The van der Waals surface area contributed by atoms with E-state index in [1.807, 2.05) is 39.8 Å². The van der Waals surface area contributed by atoms with Crippen LogP contribution in [0.1, 0.15) is 45.8 Å². The number of nitrogens with zero attached hydrogens (tertiary/aromatic N) is 2. The summed E-state index contributed by atoms with van der Waals surface area (Å²) in [6, 6.07) is 3.75. The van der Waals surface area contributed by atoms with Crippen LogP contribution >= 0.6 is 0 Å². The van der Waals surface area contributed by atoms with E-state index in [0.29, 0.717) is 30.2 Å². The molecule has 1 fully saturated rings. The number of carbonyl (C=O) groups excluding carboxylic acids is 2. The molecule has 1 N–H and O–H groups in total. The number of carbonyl (C=O) groups is 2. The lowest BCUT2D eigenvalue weighted by atomic mass is 9.96. The molecule has 0 spiro atoms. The van der Waals surface area contributed by atoms with Crippen molar-refractivity contribution in [2.75, 3.05) is 18.4 Å². The zero-order valence-electron chi connectivity index (χ0n) is 15.8. The zero-order chi connectivity index (χ0) is 18.8. The predicted molar refractivity (Wildman–Crippen MR) is 99.2 cm³/mol. The van der Waals surface area contributed by atoms with Gasteiger partial charge in [-0.05, 0) is 52.2 Å². The summed E-state index contributed by atoms with van der Waals surface area (Å²) in [5, 5.41) is 2.90. The molecule has 2 amide bonds. The van der Waals surface area contributed by atoms with Crippen molar-refractivity contribution in [3.63, 3.8) is 0 Å². The lowest BCUT2D eigenvalue weighted by molar-refractivity contribution is -0.121. The van der Waals surface area contributed by atoms with E-state index in [9.17, 15) is 9.59 Å². The maximum atomic E-state index is 13.0. The maximum absolute atomic E-state index is 13.0. The molecule has 0 saturated carbocycles. The Kier molecular flexibility index (Phi) is 5.11. The SMILES string of the molecule is Cc1cccnc1NC(=O)C1CCCN(C(=O)c2c(C)oc(C)c2C)C1. The van der Waals surface area contributed by atoms with Gasteiger partial charge in [-0.3, -0.25) is 9.59 Å². The molecule has 2 aromatic rings. The summed E-state index contributed by atoms with van der Waals surface area (Å²) in [5.74, 6) is 1.62. The summed E-state index contributed by atoms with van der Waals surface area (Å²) in [4.78, 5) is 31.6. The van der Waals surface area contributed by atoms with Crippen LogP contribution in [-0.2, 0) is 4.79 Å². The third kappa shape index (κ3) is 3.49. The fraction of sp³-hybridized carbons (Fsp3) is 0.450. The number of pyridine rings is 1. The number of rotatable bonds is 3. The van der Waals surface area contributed by atoms with E-state index in [1.54, 1.807) is 11.1 Å². The van der Waals surface area contributed by atoms with Crippen LogP contribution in [0.4, 0.5) is 5.82 Å². The topological polar surface area (TPSA) is 75.4 Å². The third-order valence-electron chi connectivity index (χ3n) is 5.11. The zero-order valence-corrected chi connectivity index (χ0v) is 15.8. The number of hydrogen-bond acceptors (Lipinski definition) is 4. The highest BCUT2D eigenvalue weighted by molar-refractivity contribution is 5.98. The molecule has 6 heteroatoms. The van der Waals surface area contributed by atoms with Crippen LogP contribution in [0.2, 0.25) is 0 Å². The van der Waals surface area contributed by atoms with Crippen molar-refractivity contribution in [2.24, 2.45) is 5.92 Å². The molecule has 2 aromatic heterocycles. The van der Waals surface area contributed by atoms with Crippen LogP contribution in [-0.4, -0.2) is 34.8 Å². The quantitative estimate of drug-likeness (QED) is 0.915. The van der Waals surface area contributed by atoms with Crippen molar-refractivity contribution in [1.29, 1.82) is 0 Å². The molecule has 1 unspecified atom stereocenters. The fourth-order valence-corrected chi connectivity index (χ4v) is 3.48. The number of aromatic nitrogens is 1. The molecule has 138 valence electrons. The van der Waals surface area contributed by atoms with E-state index in [0.717, 1.165) is 29.7 Å². The molecule has 1 aliphatic rings. The first-order valence-electron chi connectivity index (χ1n) is 8.96. The van der Waals surface area contributed by atoms with Crippen LogP contribution in [0.5, 0.6) is 0 Å². The Hall–Kier alpha value is -2.63. The van der Waals surface area contributed by atoms with E-state index in [-0.39, 0.29) is 17.7 Å². The first-order valence-corrected chi connectivity index (χ1v) is 8.96. The van der Waals surface area contributed by atoms with E-state index in [1.165, 1.54) is 0 Å². The second-order valence-electron chi connectivity index (χ2n) is 6.96.